The number of nitrogens with one attached hydrogen (secondary N) is 1. The molecule has 1 aliphatic rings. The molecule has 2 heterocycles. The zero-order valence-corrected chi connectivity index (χ0v) is 9.75. The van der Waals surface area contributed by atoms with Crippen molar-refractivity contribution in [2.45, 2.75) is 6.04 Å². The van der Waals surface area contributed by atoms with Gasteiger partial charge < -0.3 is 15.8 Å². The number of pyridine rings is 1. The van der Waals surface area contributed by atoms with E-state index in [1.807, 2.05) is 0 Å². The Morgan fingerprint density at radius 1 is 1.69 bits per heavy atom. The van der Waals surface area contributed by atoms with Crippen LogP contribution >= 0.6 is 15.9 Å². The molecule has 5 nitrogen and oxygen atoms in total. The third-order valence-corrected chi connectivity index (χ3v) is 2.72. The average Bonchev–Trinajstić information content (AvgIpc) is 2.16. The predicted octanol–water partition coefficient (Wildman–Crippen LogP) is 0.893. The normalized spacial score (nSPS) is 15.6. The first kappa shape index (κ1) is 11.3. The van der Waals surface area contributed by atoms with Crippen LogP contribution in [-0.4, -0.2) is 30.1 Å². The topological polar surface area (TPSA) is 77.2 Å². The number of amides is 1. The number of halogens is 2. The first-order valence-electron chi connectivity index (χ1n) is 4.58. The number of nitrogens with two attached hydrogens (primary N) is 1. The molecule has 0 unspecified atom stereocenters. The van der Waals surface area contributed by atoms with Gasteiger partial charge in [-0.1, -0.05) is 0 Å². The highest BCUT2D eigenvalue weighted by molar-refractivity contribution is 9.10. The van der Waals surface area contributed by atoms with E-state index in [0.717, 1.165) is 0 Å². The van der Waals surface area contributed by atoms with Crippen LogP contribution in [0.25, 0.3) is 0 Å². The molecule has 1 saturated heterocycles. The number of aromatic nitrogens is 1. The molecule has 0 aliphatic carbocycles. The summed E-state index contributed by atoms with van der Waals surface area (Å²) in [6.45, 7) is 1.05. The summed E-state index contributed by atoms with van der Waals surface area (Å²) in [4.78, 5) is 14.9. The Bertz CT molecular complexity index is 437. The molecule has 0 saturated carbocycles. The fourth-order valence-electron chi connectivity index (χ4n) is 1.30. The van der Waals surface area contributed by atoms with Crippen molar-refractivity contribution in [1.29, 1.82) is 0 Å². The van der Waals surface area contributed by atoms with E-state index in [2.05, 4.69) is 26.2 Å². The second kappa shape index (κ2) is 4.34. The number of nitrogens with zero attached hydrogens (tertiary/aromatic N) is 1. The fourth-order valence-corrected chi connectivity index (χ4v) is 1.60. The maximum Gasteiger partial charge on any atom is 0.269 e. The molecular formula is C9H9BrFN3O2. The molecule has 0 aromatic carbocycles. The number of carbonyl (C=O) groups is 1. The number of rotatable bonds is 3. The van der Waals surface area contributed by atoms with Crippen molar-refractivity contribution >= 4 is 27.5 Å². The van der Waals surface area contributed by atoms with E-state index in [1.165, 1.54) is 6.07 Å². The molecule has 16 heavy (non-hydrogen) atoms. The van der Waals surface area contributed by atoms with Gasteiger partial charge in [0.25, 0.3) is 5.91 Å². The van der Waals surface area contributed by atoms with Crippen LogP contribution < -0.4 is 11.1 Å². The Kier molecular flexibility index (Phi) is 3.06. The van der Waals surface area contributed by atoms with Crippen molar-refractivity contribution < 1.29 is 13.9 Å². The molecule has 0 radical (unpaired) electrons. The predicted molar refractivity (Wildman–Crippen MR) is 58.6 cm³/mol. The molecule has 7 heteroatoms. The molecule has 0 spiro atoms. The van der Waals surface area contributed by atoms with Gasteiger partial charge in [-0.05, 0) is 15.9 Å². The number of primary amides is 1. The van der Waals surface area contributed by atoms with Gasteiger partial charge in [0.05, 0.1) is 24.9 Å². The molecule has 2 rings (SSSR count). The fraction of sp³-hybridized carbons (Fsp3) is 0.333. The summed E-state index contributed by atoms with van der Waals surface area (Å²) in [5.41, 5.74) is 5.46. The zero-order valence-electron chi connectivity index (χ0n) is 8.17. The van der Waals surface area contributed by atoms with Crippen LogP contribution in [0.3, 0.4) is 0 Å². The Morgan fingerprint density at radius 3 is 2.88 bits per heavy atom. The second-order valence-corrected chi connectivity index (χ2v) is 4.15. The zero-order chi connectivity index (χ0) is 11.7. The highest BCUT2D eigenvalue weighted by Crippen LogP contribution is 2.22. The summed E-state index contributed by atoms with van der Waals surface area (Å²) < 4.78 is 18.2. The van der Waals surface area contributed by atoms with Crippen molar-refractivity contribution in [1.82, 2.24) is 4.98 Å². The molecule has 0 atom stereocenters. The number of hydrogen-bond acceptors (Lipinski definition) is 4. The van der Waals surface area contributed by atoms with Crippen molar-refractivity contribution in [2.24, 2.45) is 5.73 Å². The molecule has 1 fully saturated rings. The summed E-state index contributed by atoms with van der Waals surface area (Å²) in [6, 6.07) is 1.26. The van der Waals surface area contributed by atoms with Crippen molar-refractivity contribution in [3.05, 3.63) is 22.2 Å². The standard InChI is InChI=1S/C9H9BrFN3O2/c10-8-5(11)1-6(7(14-8)9(12)15)13-4-2-16-3-4/h1,4,13H,2-3H2,(H2,12,15). The van der Waals surface area contributed by atoms with Gasteiger partial charge in [0.15, 0.2) is 11.5 Å². The van der Waals surface area contributed by atoms with Gasteiger partial charge in [0, 0.05) is 6.07 Å². The molecule has 1 aliphatic heterocycles. The minimum Gasteiger partial charge on any atom is -0.377 e. The van der Waals surface area contributed by atoms with Gasteiger partial charge >= 0.3 is 0 Å². The first-order valence-corrected chi connectivity index (χ1v) is 5.37. The van der Waals surface area contributed by atoms with Crippen LogP contribution in [0, 0.1) is 5.82 Å². The third-order valence-electron chi connectivity index (χ3n) is 2.16. The Hall–Kier alpha value is -1.21. The highest BCUT2D eigenvalue weighted by atomic mass is 79.9. The van der Waals surface area contributed by atoms with Gasteiger partial charge in [0.1, 0.15) is 4.60 Å². The van der Waals surface area contributed by atoms with E-state index in [0.29, 0.717) is 18.9 Å². The van der Waals surface area contributed by atoms with Crippen LogP contribution in [-0.2, 0) is 4.74 Å². The van der Waals surface area contributed by atoms with Crippen LogP contribution in [0.2, 0.25) is 0 Å². The van der Waals surface area contributed by atoms with Crippen molar-refractivity contribution in [3.63, 3.8) is 0 Å². The van der Waals surface area contributed by atoms with Gasteiger partial charge in [-0.15, -0.1) is 0 Å². The lowest BCUT2D eigenvalue weighted by Gasteiger charge is -2.28. The second-order valence-electron chi connectivity index (χ2n) is 3.40. The number of ether oxygens (including phenoxy) is 1. The molecule has 1 aromatic rings. The van der Waals surface area contributed by atoms with Crippen LogP contribution in [0.5, 0.6) is 0 Å². The van der Waals surface area contributed by atoms with Gasteiger partial charge in [-0.25, -0.2) is 9.37 Å². The van der Waals surface area contributed by atoms with Crippen molar-refractivity contribution in [3.8, 4) is 0 Å². The van der Waals surface area contributed by atoms with E-state index in [1.54, 1.807) is 0 Å². The molecule has 86 valence electrons. The molecule has 1 amide bonds. The van der Waals surface area contributed by atoms with Crippen LogP contribution in [0.4, 0.5) is 10.1 Å². The molecule has 3 N–H and O–H groups in total. The summed E-state index contributed by atoms with van der Waals surface area (Å²) in [7, 11) is 0. The minimum atomic E-state index is -0.705. The lowest BCUT2D eigenvalue weighted by Crippen LogP contribution is -2.40. The summed E-state index contributed by atoms with van der Waals surface area (Å²) >= 11 is 2.90. The van der Waals surface area contributed by atoms with Gasteiger partial charge in [-0.3, -0.25) is 4.79 Å². The Morgan fingerprint density at radius 2 is 2.38 bits per heavy atom. The lowest BCUT2D eigenvalue weighted by molar-refractivity contribution is 0.0210. The maximum atomic E-state index is 13.3. The lowest BCUT2D eigenvalue weighted by atomic mass is 10.2. The number of carbonyl (C=O) groups excluding carboxylic acids is 1. The van der Waals surface area contributed by atoms with Gasteiger partial charge in [0.2, 0.25) is 0 Å². The number of anilines is 1. The Balaban J connectivity index is 2.32. The van der Waals surface area contributed by atoms with Crippen LogP contribution in [0.1, 0.15) is 10.5 Å². The smallest absolute Gasteiger partial charge is 0.269 e. The largest absolute Gasteiger partial charge is 0.377 e. The first-order chi connectivity index (χ1) is 7.58. The monoisotopic (exact) mass is 289 g/mol. The maximum absolute atomic E-state index is 13.3. The molecule has 1 aromatic heterocycles. The van der Waals surface area contributed by atoms with Gasteiger partial charge in [-0.2, -0.15) is 0 Å². The van der Waals surface area contributed by atoms with E-state index in [9.17, 15) is 9.18 Å². The molecular weight excluding hydrogens is 281 g/mol. The average molecular weight is 290 g/mol. The van der Waals surface area contributed by atoms with Crippen LogP contribution in [0.15, 0.2) is 10.7 Å². The quantitative estimate of drug-likeness (QED) is 0.811. The summed E-state index contributed by atoms with van der Waals surface area (Å²) in [5.74, 6) is -1.25. The summed E-state index contributed by atoms with van der Waals surface area (Å²) in [5, 5.41) is 2.95. The SMILES string of the molecule is NC(=O)c1nc(Br)c(F)cc1NC1COC1. The van der Waals surface area contributed by atoms with Crippen molar-refractivity contribution in [2.75, 3.05) is 18.5 Å². The van der Waals surface area contributed by atoms with E-state index in [-0.39, 0.29) is 16.3 Å². The molecule has 0 bridgehead atoms. The van der Waals surface area contributed by atoms with E-state index < -0.39 is 11.7 Å². The summed E-state index contributed by atoms with van der Waals surface area (Å²) in [6.07, 6.45) is 0. The number of hydrogen-bond donors (Lipinski definition) is 2. The van der Waals surface area contributed by atoms with E-state index >= 15 is 0 Å². The minimum absolute atomic E-state index is 0.0141. The van der Waals surface area contributed by atoms with E-state index in [4.69, 9.17) is 10.5 Å². The Labute approximate surface area is 99.3 Å². The highest BCUT2D eigenvalue weighted by Gasteiger charge is 2.22. The third kappa shape index (κ3) is 2.14.